The Bertz CT molecular complexity index is 1500. The summed E-state index contributed by atoms with van der Waals surface area (Å²) >= 11 is 0. The van der Waals surface area contributed by atoms with Crippen molar-refractivity contribution in [2.24, 2.45) is 0 Å². The van der Waals surface area contributed by atoms with Gasteiger partial charge in [0.1, 0.15) is 22.7 Å². The molecule has 42 heavy (non-hydrogen) atoms. The Kier molecular flexibility index (Phi) is 8.77. The average Bonchev–Trinajstić information content (AvgIpc) is 2.94. The van der Waals surface area contributed by atoms with Gasteiger partial charge in [0.15, 0.2) is 5.75 Å². The molecule has 0 radical (unpaired) electrons. The molecule has 10 nitrogen and oxygen atoms in total. The third-order valence-corrected chi connectivity index (χ3v) is 7.10. The minimum Gasteiger partial charge on any atom is -0.496 e. The molecule has 0 aromatic heterocycles. The first-order valence-electron chi connectivity index (χ1n) is 13.6. The molecule has 1 N–H and O–H groups in total. The summed E-state index contributed by atoms with van der Waals surface area (Å²) in [5, 5.41) is 3.26. The number of aryl methyl sites for hydroxylation is 1. The van der Waals surface area contributed by atoms with E-state index in [1.807, 2.05) is 50.2 Å². The molecular formula is C32H38N4O6. The Morgan fingerprint density at radius 3 is 2.24 bits per heavy atom. The molecule has 4 rings (SSSR count). The second-order valence-electron chi connectivity index (χ2n) is 11.2. The van der Waals surface area contributed by atoms with Crippen molar-refractivity contribution < 1.29 is 28.6 Å². The molecule has 1 aliphatic rings. The number of benzene rings is 3. The monoisotopic (exact) mass is 574 g/mol. The zero-order valence-corrected chi connectivity index (χ0v) is 25.4. The number of anilines is 2. The van der Waals surface area contributed by atoms with Gasteiger partial charge in [0, 0.05) is 44.4 Å². The number of ether oxygens (including phenoxy) is 3. The van der Waals surface area contributed by atoms with Crippen LogP contribution in [-0.4, -0.2) is 81.7 Å². The van der Waals surface area contributed by atoms with Gasteiger partial charge in [0.25, 0.3) is 5.91 Å². The van der Waals surface area contributed by atoms with Crippen LogP contribution in [0.25, 0.3) is 11.1 Å². The second-order valence-corrected chi connectivity index (χ2v) is 11.2. The Hall–Kier alpha value is -4.57. The van der Waals surface area contributed by atoms with Gasteiger partial charge in [0.2, 0.25) is 0 Å². The predicted octanol–water partition coefficient (Wildman–Crippen LogP) is 5.05. The summed E-state index contributed by atoms with van der Waals surface area (Å²) in [5.74, 6) is 0.127. The van der Waals surface area contributed by atoms with E-state index in [0.717, 1.165) is 5.56 Å². The lowest BCUT2D eigenvalue weighted by Crippen LogP contribution is -2.52. The number of carbonyl (C=O) groups is 3. The molecule has 0 aliphatic carbocycles. The predicted molar refractivity (Wildman–Crippen MR) is 163 cm³/mol. The molecule has 0 fully saturated rings. The number of hydrogen-bond acceptors (Lipinski definition) is 8. The second kappa shape index (κ2) is 12.1. The van der Waals surface area contributed by atoms with Gasteiger partial charge < -0.3 is 34.2 Å². The van der Waals surface area contributed by atoms with Gasteiger partial charge in [-0.2, -0.15) is 0 Å². The first-order valence-corrected chi connectivity index (χ1v) is 13.6. The SMILES string of the molecule is COc1cc(OC(=O)N(C)CCN(C)C)ccc1-c1ccc2c(c1OC(=O)c1ccc(C)cc1)N(C)C(=O)C(C)(C)N2. The van der Waals surface area contributed by atoms with Crippen LogP contribution in [0.4, 0.5) is 16.2 Å². The lowest BCUT2D eigenvalue weighted by Gasteiger charge is -2.39. The highest BCUT2D eigenvalue weighted by Gasteiger charge is 2.39. The molecule has 0 unspecified atom stereocenters. The zero-order valence-electron chi connectivity index (χ0n) is 25.4. The molecule has 3 aromatic carbocycles. The summed E-state index contributed by atoms with van der Waals surface area (Å²) in [5.41, 5.74) is 2.70. The number of carbonyl (C=O) groups excluding carboxylic acids is 3. The minimum absolute atomic E-state index is 0.188. The van der Waals surface area contributed by atoms with Gasteiger partial charge in [-0.3, -0.25) is 4.79 Å². The smallest absolute Gasteiger partial charge is 0.415 e. The van der Waals surface area contributed by atoms with E-state index in [-0.39, 0.29) is 11.7 Å². The topological polar surface area (TPSA) is 101 Å². The molecular weight excluding hydrogens is 536 g/mol. The van der Waals surface area contributed by atoms with Gasteiger partial charge >= 0.3 is 12.1 Å². The van der Waals surface area contributed by atoms with Crippen LogP contribution in [0.2, 0.25) is 0 Å². The summed E-state index contributed by atoms with van der Waals surface area (Å²) in [6.45, 7) is 6.72. The molecule has 3 aromatic rings. The molecule has 0 spiro atoms. The van der Waals surface area contributed by atoms with E-state index < -0.39 is 17.6 Å². The molecule has 0 saturated heterocycles. The summed E-state index contributed by atoms with van der Waals surface area (Å²) in [7, 11) is 8.69. The minimum atomic E-state index is -0.857. The summed E-state index contributed by atoms with van der Waals surface area (Å²) < 4.78 is 17.3. The van der Waals surface area contributed by atoms with E-state index in [9.17, 15) is 14.4 Å². The van der Waals surface area contributed by atoms with Gasteiger partial charge in [-0.25, -0.2) is 9.59 Å². The fourth-order valence-electron chi connectivity index (χ4n) is 4.65. The van der Waals surface area contributed by atoms with Crippen molar-refractivity contribution in [2.75, 3.05) is 58.6 Å². The Morgan fingerprint density at radius 1 is 0.929 bits per heavy atom. The van der Waals surface area contributed by atoms with E-state index in [0.29, 0.717) is 52.7 Å². The number of nitrogens with one attached hydrogen (secondary N) is 1. The van der Waals surface area contributed by atoms with Crippen molar-refractivity contribution in [3.63, 3.8) is 0 Å². The quantitative estimate of drug-likeness (QED) is 0.295. The average molecular weight is 575 g/mol. The molecule has 0 atom stereocenters. The van der Waals surface area contributed by atoms with Crippen molar-refractivity contribution >= 4 is 29.3 Å². The molecule has 0 bridgehead atoms. The number of esters is 1. The number of methoxy groups -OCH3 is 1. The number of likely N-dealkylation sites (N-methyl/N-ethyl adjacent to an activating group) is 3. The fourth-order valence-corrected chi connectivity index (χ4v) is 4.65. The fraction of sp³-hybridized carbons (Fsp3) is 0.344. The molecule has 0 saturated carbocycles. The van der Waals surface area contributed by atoms with E-state index in [4.69, 9.17) is 14.2 Å². The third-order valence-electron chi connectivity index (χ3n) is 7.10. The van der Waals surface area contributed by atoms with Crippen LogP contribution in [0.3, 0.4) is 0 Å². The van der Waals surface area contributed by atoms with Crippen LogP contribution in [0.5, 0.6) is 17.2 Å². The number of fused-ring (bicyclic) bond motifs is 1. The van der Waals surface area contributed by atoms with Crippen molar-refractivity contribution in [2.45, 2.75) is 26.3 Å². The Balaban J connectivity index is 1.77. The summed E-state index contributed by atoms with van der Waals surface area (Å²) in [4.78, 5) is 44.2. The Labute approximate surface area is 246 Å². The normalized spacial score (nSPS) is 13.7. The summed E-state index contributed by atoms with van der Waals surface area (Å²) in [6, 6.07) is 15.7. The van der Waals surface area contributed by atoms with Crippen LogP contribution in [0.15, 0.2) is 54.6 Å². The number of rotatable bonds is 8. The van der Waals surface area contributed by atoms with Crippen molar-refractivity contribution in [3.8, 4) is 28.4 Å². The van der Waals surface area contributed by atoms with Crippen molar-refractivity contribution in [1.82, 2.24) is 9.80 Å². The highest BCUT2D eigenvalue weighted by Crippen LogP contribution is 2.49. The zero-order chi connectivity index (χ0) is 30.8. The third kappa shape index (κ3) is 6.33. The van der Waals surface area contributed by atoms with Crippen LogP contribution in [-0.2, 0) is 4.79 Å². The molecule has 2 amide bonds. The van der Waals surface area contributed by atoms with E-state index in [1.165, 1.54) is 16.9 Å². The first-order chi connectivity index (χ1) is 19.8. The molecule has 1 aliphatic heterocycles. The highest BCUT2D eigenvalue weighted by molar-refractivity contribution is 6.10. The molecule has 1 heterocycles. The van der Waals surface area contributed by atoms with Gasteiger partial charge in [-0.05, 0) is 71.3 Å². The van der Waals surface area contributed by atoms with Crippen LogP contribution in [0, 0.1) is 6.92 Å². The maximum Gasteiger partial charge on any atom is 0.415 e. The summed E-state index contributed by atoms with van der Waals surface area (Å²) in [6.07, 6.45) is -0.498. The number of nitrogens with zero attached hydrogens (tertiary/aromatic N) is 3. The number of amides is 2. The van der Waals surface area contributed by atoms with E-state index in [2.05, 4.69) is 5.32 Å². The van der Waals surface area contributed by atoms with E-state index in [1.54, 1.807) is 58.3 Å². The van der Waals surface area contributed by atoms with Crippen LogP contribution in [0.1, 0.15) is 29.8 Å². The van der Waals surface area contributed by atoms with Crippen molar-refractivity contribution in [3.05, 3.63) is 65.7 Å². The lowest BCUT2D eigenvalue weighted by atomic mass is 9.95. The largest absolute Gasteiger partial charge is 0.496 e. The lowest BCUT2D eigenvalue weighted by molar-refractivity contribution is -0.121. The highest BCUT2D eigenvalue weighted by atomic mass is 16.6. The standard InChI is InChI=1S/C32H38N4O6/c1-20-9-11-21(12-10-20)29(37)42-28-24(15-16-25-27(28)36(7)30(38)32(2,3)33-25)23-14-13-22(19-26(23)40-8)41-31(39)35(6)18-17-34(4)5/h9-16,19,33H,17-18H2,1-8H3. The Morgan fingerprint density at radius 2 is 1.60 bits per heavy atom. The van der Waals surface area contributed by atoms with Gasteiger partial charge in [0.05, 0.1) is 18.4 Å². The molecule has 222 valence electrons. The van der Waals surface area contributed by atoms with Gasteiger partial charge in [-0.15, -0.1) is 0 Å². The maximum absolute atomic E-state index is 13.4. The van der Waals surface area contributed by atoms with Gasteiger partial charge in [-0.1, -0.05) is 17.7 Å². The van der Waals surface area contributed by atoms with E-state index >= 15 is 0 Å². The van der Waals surface area contributed by atoms with Crippen LogP contribution >= 0.6 is 0 Å². The molecule has 10 heteroatoms. The first kappa shape index (κ1) is 30.4. The van der Waals surface area contributed by atoms with Crippen LogP contribution < -0.4 is 24.4 Å². The number of hydrogen-bond donors (Lipinski definition) is 1. The maximum atomic E-state index is 13.4. The van der Waals surface area contributed by atoms with Crippen molar-refractivity contribution in [1.29, 1.82) is 0 Å².